The van der Waals surface area contributed by atoms with Gasteiger partial charge in [-0.2, -0.15) is 0 Å². The number of nitrogens with one attached hydrogen (secondary N) is 1. The van der Waals surface area contributed by atoms with Crippen molar-refractivity contribution in [3.05, 3.63) is 34.3 Å². The first-order valence-corrected chi connectivity index (χ1v) is 6.09. The van der Waals surface area contributed by atoms with E-state index >= 15 is 0 Å². The molecule has 0 bridgehead atoms. The summed E-state index contributed by atoms with van der Waals surface area (Å²) in [6.07, 6.45) is -2.06. The fourth-order valence-electron chi connectivity index (χ4n) is 1.04. The number of aliphatic hydroxyl groups excluding tert-OH is 1. The van der Waals surface area contributed by atoms with Crippen LogP contribution in [-0.2, 0) is 9.09 Å². The van der Waals surface area contributed by atoms with Crippen molar-refractivity contribution in [2.24, 2.45) is 0 Å². The maximum Gasteiger partial charge on any atom is 0.620 e. The highest BCUT2D eigenvalue weighted by Gasteiger charge is 2.37. The van der Waals surface area contributed by atoms with E-state index in [0.29, 0.717) is 0 Å². The number of hydrogen-bond donors (Lipinski definition) is 3. The number of aliphatic hydroxyl groups is 2. The lowest BCUT2D eigenvalue weighted by atomic mass is 10.4. The molecule has 0 aliphatic heterocycles. The summed E-state index contributed by atoms with van der Waals surface area (Å²) in [5.74, 6) is -0.0765. The van der Waals surface area contributed by atoms with Crippen molar-refractivity contribution in [3.63, 3.8) is 0 Å². The molecule has 0 aliphatic rings. The standard InChI is InChI=1S/C8H12N2O7P/c11-7(12)3-4-9-18(15)17-8(10(13)14)6-2-1-5-16-6/h1-2,5,7-8,11-12H,3-4H2,(H,9,15)/q+1. The van der Waals surface area contributed by atoms with Crippen LogP contribution in [0, 0.1) is 10.1 Å². The Kier molecular flexibility index (Phi) is 5.83. The molecule has 1 heterocycles. The summed E-state index contributed by atoms with van der Waals surface area (Å²) >= 11 is 0. The molecule has 1 aromatic heterocycles. The molecule has 0 fully saturated rings. The van der Waals surface area contributed by atoms with Crippen molar-refractivity contribution in [3.8, 4) is 0 Å². The van der Waals surface area contributed by atoms with Gasteiger partial charge < -0.3 is 14.6 Å². The van der Waals surface area contributed by atoms with Crippen LogP contribution in [0.1, 0.15) is 18.4 Å². The Balaban J connectivity index is 2.47. The molecule has 9 nitrogen and oxygen atoms in total. The Hall–Kier alpha value is -1.38. The van der Waals surface area contributed by atoms with Crippen LogP contribution in [0.5, 0.6) is 0 Å². The molecule has 0 saturated carbocycles. The average Bonchev–Trinajstić information content (AvgIpc) is 2.78. The zero-order valence-corrected chi connectivity index (χ0v) is 10.0. The van der Waals surface area contributed by atoms with Crippen molar-refractivity contribution >= 4 is 8.18 Å². The lowest BCUT2D eigenvalue weighted by Gasteiger charge is -2.00. The predicted molar refractivity (Wildman–Crippen MR) is 58.0 cm³/mol. The first kappa shape index (κ1) is 14.7. The number of hydrogen-bond acceptors (Lipinski definition) is 7. The molecule has 1 rings (SSSR count). The molecule has 10 heteroatoms. The lowest BCUT2D eigenvalue weighted by Crippen LogP contribution is -2.17. The summed E-state index contributed by atoms with van der Waals surface area (Å²) in [4.78, 5) is 9.92. The zero-order valence-electron chi connectivity index (χ0n) is 9.13. The second kappa shape index (κ2) is 7.14. The molecule has 0 aromatic carbocycles. The molecule has 3 N–H and O–H groups in total. The van der Waals surface area contributed by atoms with Gasteiger partial charge in [0, 0.05) is 13.0 Å². The van der Waals surface area contributed by atoms with E-state index in [2.05, 4.69) is 9.61 Å². The molecule has 0 aliphatic carbocycles. The number of rotatable bonds is 8. The zero-order chi connectivity index (χ0) is 13.5. The van der Waals surface area contributed by atoms with Crippen molar-refractivity contribution in [1.29, 1.82) is 0 Å². The van der Waals surface area contributed by atoms with Crippen LogP contribution < -0.4 is 5.09 Å². The highest BCUT2D eigenvalue weighted by atomic mass is 31.1. The van der Waals surface area contributed by atoms with Crippen LogP contribution in [0.15, 0.2) is 22.8 Å². The Morgan fingerprint density at radius 1 is 1.61 bits per heavy atom. The van der Waals surface area contributed by atoms with Crippen LogP contribution in [-0.4, -0.2) is 28.0 Å². The Labute approximate surface area is 102 Å². The molecular formula is C8H12N2O7P+. The molecule has 2 atom stereocenters. The monoisotopic (exact) mass is 279 g/mol. The van der Waals surface area contributed by atoms with Gasteiger partial charge in [-0.05, 0) is 21.2 Å². The number of furan rings is 1. The second-order valence-corrected chi connectivity index (χ2v) is 4.23. The minimum Gasteiger partial charge on any atom is -0.459 e. The molecule has 0 spiro atoms. The molecule has 18 heavy (non-hydrogen) atoms. The van der Waals surface area contributed by atoms with Gasteiger partial charge in [-0.3, -0.25) is 10.1 Å². The van der Waals surface area contributed by atoms with Gasteiger partial charge in [-0.25, -0.2) is 0 Å². The van der Waals surface area contributed by atoms with E-state index < -0.39 is 25.6 Å². The van der Waals surface area contributed by atoms with Gasteiger partial charge in [0.05, 0.1) is 11.2 Å². The van der Waals surface area contributed by atoms with E-state index in [0.717, 1.165) is 0 Å². The topological polar surface area (TPSA) is 135 Å². The van der Waals surface area contributed by atoms with Gasteiger partial charge in [0.2, 0.25) is 5.76 Å². The molecule has 0 saturated heterocycles. The lowest BCUT2D eigenvalue weighted by molar-refractivity contribution is -0.573. The third-order valence-corrected chi connectivity index (χ3v) is 2.69. The van der Waals surface area contributed by atoms with E-state index in [1.54, 1.807) is 0 Å². The summed E-state index contributed by atoms with van der Waals surface area (Å²) in [6.45, 7) is -0.0184. The summed E-state index contributed by atoms with van der Waals surface area (Å²) in [5.41, 5.74) is 0. The summed E-state index contributed by atoms with van der Waals surface area (Å²) in [7, 11) is -2.51. The maximum absolute atomic E-state index is 11.3. The van der Waals surface area contributed by atoms with Crippen LogP contribution >= 0.6 is 8.18 Å². The fraction of sp³-hybridized carbons (Fsp3) is 0.500. The van der Waals surface area contributed by atoms with Crippen LogP contribution in [0.4, 0.5) is 0 Å². The minimum absolute atomic E-state index is 0.0184. The quantitative estimate of drug-likeness (QED) is 0.271. The van der Waals surface area contributed by atoms with Crippen molar-refractivity contribution in [2.75, 3.05) is 6.54 Å². The van der Waals surface area contributed by atoms with Crippen LogP contribution in [0.3, 0.4) is 0 Å². The number of nitro groups is 1. The van der Waals surface area contributed by atoms with Gasteiger partial charge in [0.1, 0.15) is 0 Å². The van der Waals surface area contributed by atoms with Gasteiger partial charge in [0.25, 0.3) is 0 Å². The third kappa shape index (κ3) is 4.86. The van der Waals surface area contributed by atoms with E-state index in [1.165, 1.54) is 18.4 Å². The molecule has 2 unspecified atom stereocenters. The molecule has 1 aromatic rings. The molecule has 100 valence electrons. The fourth-order valence-corrected chi connectivity index (χ4v) is 1.79. The van der Waals surface area contributed by atoms with Crippen molar-refractivity contribution < 1.29 is 28.6 Å². The summed E-state index contributed by atoms with van der Waals surface area (Å²) in [6, 6.07) is 2.77. The highest BCUT2D eigenvalue weighted by molar-refractivity contribution is 7.36. The Morgan fingerprint density at radius 2 is 2.33 bits per heavy atom. The smallest absolute Gasteiger partial charge is 0.459 e. The first-order chi connectivity index (χ1) is 8.50. The average molecular weight is 279 g/mol. The molecule has 0 amide bonds. The van der Waals surface area contributed by atoms with Gasteiger partial charge in [0.15, 0.2) is 6.29 Å². The maximum atomic E-state index is 11.3. The van der Waals surface area contributed by atoms with Crippen molar-refractivity contribution in [1.82, 2.24) is 5.09 Å². The Morgan fingerprint density at radius 3 is 2.83 bits per heavy atom. The first-order valence-electron chi connectivity index (χ1n) is 4.91. The largest absolute Gasteiger partial charge is 0.620 e. The van der Waals surface area contributed by atoms with Crippen LogP contribution in [0.25, 0.3) is 0 Å². The van der Waals surface area contributed by atoms with E-state index in [-0.39, 0.29) is 18.7 Å². The van der Waals surface area contributed by atoms with E-state index in [9.17, 15) is 14.7 Å². The normalized spacial score (nSPS) is 13.6. The van der Waals surface area contributed by atoms with E-state index in [4.69, 9.17) is 14.6 Å². The number of nitrogens with zero attached hydrogens (tertiary/aromatic N) is 1. The third-order valence-electron chi connectivity index (χ3n) is 1.82. The van der Waals surface area contributed by atoms with Gasteiger partial charge in [-0.15, -0.1) is 0 Å². The minimum atomic E-state index is -2.51. The predicted octanol–water partition coefficient (Wildman–Crippen LogP) is 0.519. The Bertz CT molecular complexity index is 394. The second-order valence-electron chi connectivity index (χ2n) is 3.19. The molecule has 0 radical (unpaired) electrons. The SMILES string of the molecule is O=[N+]([O-])C(O[P+](=O)NCCC(O)O)c1ccco1. The van der Waals surface area contributed by atoms with E-state index in [1.807, 2.05) is 0 Å². The summed E-state index contributed by atoms with van der Waals surface area (Å²) < 4.78 is 20.8. The molecular weight excluding hydrogens is 267 g/mol. The summed E-state index contributed by atoms with van der Waals surface area (Å²) in [5, 5.41) is 30.1. The van der Waals surface area contributed by atoms with Crippen molar-refractivity contribution in [2.45, 2.75) is 18.9 Å². The van der Waals surface area contributed by atoms with Crippen LogP contribution in [0.2, 0.25) is 0 Å². The highest BCUT2D eigenvalue weighted by Crippen LogP contribution is 2.29. The van der Waals surface area contributed by atoms with Gasteiger partial charge in [-0.1, -0.05) is 5.09 Å². The van der Waals surface area contributed by atoms with Gasteiger partial charge >= 0.3 is 14.4 Å².